The summed E-state index contributed by atoms with van der Waals surface area (Å²) in [5.74, 6) is -0.863. The van der Waals surface area contributed by atoms with Crippen LogP contribution in [0.2, 0.25) is 0 Å². The summed E-state index contributed by atoms with van der Waals surface area (Å²) in [5.41, 5.74) is 1.18. The van der Waals surface area contributed by atoms with E-state index in [-0.39, 0.29) is 37.7 Å². The molecular weight excluding hydrogens is 168 g/mol. The molecule has 0 atom stereocenters. The molecule has 1 aromatic carbocycles. The minimum atomic E-state index is -0.863. The summed E-state index contributed by atoms with van der Waals surface area (Å²) in [7, 11) is 0. The average Bonchev–Trinajstić information content (AvgIpc) is 1.88. The van der Waals surface area contributed by atoms with E-state index in [1.165, 1.54) is 0 Å². The average molecular weight is 178 g/mol. The van der Waals surface area contributed by atoms with Gasteiger partial charge in [0, 0.05) is 0 Å². The fourth-order valence-electron chi connectivity index (χ4n) is 0.813. The predicted molar refractivity (Wildman–Crippen MR) is 46.7 cm³/mol. The van der Waals surface area contributed by atoms with Crippen molar-refractivity contribution in [2.45, 2.75) is 6.92 Å². The summed E-state index contributed by atoms with van der Waals surface area (Å²) < 4.78 is 0. The van der Waals surface area contributed by atoms with Gasteiger partial charge in [0.2, 0.25) is 0 Å². The summed E-state index contributed by atoms with van der Waals surface area (Å²) in [6, 6.07) is 6.92. The molecule has 0 aliphatic rings. The second kappa shape index (κ2) is 4.75. The van der Waals surface area contributed by atoms with Gasteiger partial charge >= 0.3 is 43.7 Å². The van der Waals surface area contributed by atoms with E-state index >= 15 is 0 Å². The van der Waals surface area contributed by atoms with E-state index in [2.05, 4.69) is 0 Å². The molecule has 3 heteroatoms. The Labute approximate surface area is 95.2 Å². The van der Waals surface area contributed by atoms with Crippen LogP contribution in [0.5, 0.6) is 0 Å². The number of hydrogen-bond donors (Lipinski definition) is 1. The quantitative estimate of drug-likeness (QED) is 0.645. The van der Waals surface area contributed by atoms with Crippen molar-refractivity contribution < 1.29 is 9.90 Å². The van der Waals surface area contributed by atoms with E-state index in [1.807, 2.05) is 6.07 Å². The van der Waals surface area contributed by atoms with Crippen molar-refractivity contribution >= 4 is 43.7 Å². The molecule has 1 aromatic rings. The number of rotatable bonds is 1. The molecule has 0 spiro atoms. The van der Waals surface area contributed by atoms with Crippen LogP contribution in [0, 0.1) is 6.92 Å². The third-order valence-corrected chi connectivity index (χ3v) is 1.38. The fraction of sp³-hybridized carbons (Fsp3) is 0.125. The summed E-state index contributed by atoms with van der Waals surface area (Å²) >= 11 is 0. The van der Waals surface area contributed by atoms with Gasteiger partial charge in [-0.25, -0.2) is 4.79 Å². The van der Waals surface area contributed by atoms with Crippen molar-refractivity contribution in [3.05, 3.63) is 35.4 Å². The van der Waals surface area contributed by atoms with E-state index in [9.17, 15) is 4.79 Å². The SMILES string of the molecule is Cc1ccccc1C(=O)O.[CaH2]. The van der Waals surface area contributed by atoms with Crippen LogP contribution < -0.4 is 0 Å². The molecule has 0 saturated carbocycles. The van der Waals surface area contributed by atoms with E-state index in [4.69, 9.17) is 5.11 Å². The normalized spacial score (nSPS) is 8.45. The van der Waals surface area contributed by atoms with Crippen molar-refractivity contribution in [2.24, 2.45) is 0 Å². The Morgan fingerprint density at radius 2 is 1.91 bits per heavy atom. The van der Waals surface area contributed by atoms with Crippen LogP contribution in [0.1, 0.15) is 15.9 Å². The molecule has 56 valence electrons. The van der Waals surface area contributed by atoms with Gasteiger partial charge in [0.1, 0.15) is 0 Å². The zero-order chi connectivity index (χ0) is 7.56. The number of benzene rings is 1. The van der Waals surface area contributed by atoms with Crippen LogP contribution in [0.25, 0.3) is 0 Å². The topological polar surface area (TPSA) is 37.3 Å². The summed E-state index contributed by atoms with van der Waals surface area (Å²) in [5, 5.41) is 8.57. The van der Waals surface area contributed by atoms with Gasteiger partial charge in [0.25, 0.3) is 0 Å². The van der Waals surface area contributed by atoms with Crippen LogP contribution in [0.3, 0.4) is 0 Å². The Morgan fingerprint density at radius 3 is 2.27 bits per heavy atom. The summed E-state index contributed by atoms with van der Waals surface area (Å²) in [6.45, 7) is 1.78. The second-order valence-corrected chi connectivity index (χ2v) is 2.12. The van der Waals surface area contributed by atoms with E-state index < -0.39 is 5.97 Å². The van der Waals surface area contributed by atoms with E-state index in [0.29, 0.717) is 5.56 Å². The molecule has 0 bridgehead atoms. The second-order valence-electron chi connectivity index (χ2n) is 2.12. The van der Waals surface area contributed by atoms with Crippen LogP contribution in [-0.2, 0) is 0 Å². The molecule has 0 aliphatic carbocycles. The molecule has 0 radical (unpaired) electrons. The Hall–Kier alpha value is -0.0503. The molecule has 0 unspecified atom stereocenters. The Bertz CT molecular complexity index is 258. The molecule has 0 amide bonds. The Morgan fingerprint density at radius 1 is 1.36 bits per heavy atom. The molecule has 0 saturated heterocycles. The maximum absolute atomic E-state index is 10.4. The number of carboxylic acids is 1. The van der Waals surface area contributed by atoms with Crippen LogP contribution in [0.15, 0.2) is 24.3 Å². The molecule has 0 aliphatic heterocycles. The number of carboxylic acid groups (broad SMARTS) is 1. The first-order chi connectivity index (χ1) is 4.72. The van der Waals surface area contributed by atoms with Crippen molar-refractivity contribution in [3.8, 4) is 0 Å². The van der Waals surface area contributed by atoms with Gasteiger partial charge in [-0.2, -0.15) is 0 Å². The van der Waals surface area contributed by atoms with Gasteiger partial charge in [-0.3, -0.25) is 0 Å². The van der Waals surface area contributed by atoms with Crippen molar-refractivity contribution in [2.75, 3.05) is 0 Å². The number of aromatic carboxylic acids is 1. The molecule has 0 aromatic heterocycles. The zero-order valence-electron chi connectivity index (χ0n) is 5.66. The third-order valence-electron chi connectivity index (χ3n) is 1.38. The van der Waals surface area contributed by atoms with Crippen LogP contribution in [-0.4, -0.2) is 48.8 Å². The van der Waals surface area contributed by atoms with Gasteiger partial charge in [-0.05, 0) is 18.6 Å². The summed E-state index contributed by atoms with van der Waals surface area (Å²) in [4.78, 5) is 10.4. The van der Waals surface area contributed by atoms with Crippen molar-refractivity contribution in [1.82, 2.24) is 0 Å². The van der Waals surface area contributed by atoms with Crippen LogP contribution >= 0.6 is 0 Å². The summed E-state index contributed by atoms with van der Waals surface area (Å²) in [6.07, 6.45) is 0. The fourth-order valence-corrected chi connectivity index (χ4v) is 0.813. The molecule has 2 nitrogen and oxygen atoms in total. The Kier molecular flexibility index (Phi) is 4.73. The van der Waals surface area contributed by atoms with E-state index in [1.54, 1.807) is 25.1 Å². The molecular formula is C8H10CaO2. The van der Waals surface area contributed by atoms with Gasteiger partial charge in [0.05, 0.1) is 5.56 Å². The first-order valence-electron chi connectivity index (χ1n) is 3.01. The molecule has 1 rings (SSSR count). The molecule has 0 fully saturated rings. The standard InChI is InChI=1S/C8H8O2.Ca.2H/c1-6-4-2-3-5-7(6)8(9)10;;;/h2-5H,1H3,(H,9,10);;;. The van der Waals surface area contributed by atoms with E-state index in [0.717, 1.165) is 5.56 Å². The number of carbonyl (C=O) groups is 1. The van der Waals surface area contributed by atoms with Crippen molar-refractivity contribution in [1.29, 1.82) is 0 Å². The zero-order valence-corrected chi connectivity index (χ0v) is 5.66. The van der Waals surface area contributed by atoms with Gasteiger partial charge in [-0.1, -0.05) is 18.2 Å². The Balaban J connectivity index is 0.000001000. The predicted octanol–water partition coefficient (Wildman–Crippen LogP) is 0.777. The van der Waals surface area contributed by atoms with Gasteiger partial charge in [0.15, 0.2) is 0 Å². The monoisotopic (exact) mass is 178 g/mol. The van der Waals surface area contributed by atoms with Crippen molar-refractivity contribution in [3.63, 3.8) is 0 Å². The van der Waals surface area contributed by atoms with Gasteiger partial charge in [-0.15, -0.1) is 0 Å². The number of aryl methyl sites for hydroxylation is 1. The molecule has 0 heterocycles. The molecule has 1 N–H and O–H groups in total. The van der Waals surface area contributed by atoms with Gasteiger partial charge < -0.3 is 5.11 Å². The number of hydrogen-bond acceptors (Lipinski definition) is 1. The maximum atomic E-state index is 10.4. The minimum absolute atomic E-state index is 0. The third kappa shape index (κ3) is 2.81. The molecule has 11 heavy (non-hydrogen) atoms. The first kappa shape index (κ1) is 10.9. The van der Waals surface area contributed by atoms with Crippen LogP contribution in [0.4, 0.5) is 0 Å². The first-order valence-corrected chi connectivity index (χ1v) is 3.01.